The van der Waals surface area contributed by atoms with E-state index in [2.05, 4.69) is 0 Å². The van der Waals surface area contributed by atoms with Crippen LogP contribution in [-0.4, -0.2) is 17.9 Å². The molecule has 0 atom stereocenters. The van der Waals surface area contributed by atoms with Crippen LogP contribution in [0.25, 0.3) is 0 Å². The van der Waals surface area contributed by atoms with E-state index in [0.717, 1.165) is 0 Å². The van der Waals surface area contributed by atoms with Gasteiger partial charge in [-0.1, -0.05) is 13.8 Å². The first kappa shape index (κ1) is 11.8. The van der Waals surface area contributed by atoms with Crippen molar-refractivity contribution in [2.45, 2.75) is 38.7 Å². The van der Waals surface area contributed by atoms with Crippen LogP contribution in [0.1, 0.15) is 26.7 Å². The van der Waals surface area contributed by atoms with Crippen LogP contribution in [0.4, 0.5) is 8.78 Å². The van der Waals surface area contributed by atoms with E-state index in [1.54, 1.807) is 13.8 Å². The number of amides is 1. The topological polar surface area (TPSA) is 52.9 Å². The summed E-state index contributed by atoms with van der Waals surface area (Å²) in [5.74, 6) is -1.38. The zero-order valence-corrected chi connectivity index (χ0v) is 7.60. The summed E-state index contributed by atoms with van der Waals surface area (Å²) in [6, 6.07) is 1.84. The number of halogens is 2. The Morgan fingerprint density at radius 1 is 1.54 bits per heavy atom. The lowest BCUT2D eigenvalue weighted by Crippen LogP contribution is -2.48. The summed E-state index contributed by atoms with van der Waals surface area (Å²) in [6.45, 7) is 3.33. The van der Waals surface area contributed by atoms with Crippen molar-refractivity contribution >= 4 is 5.91 Å². The fourth-order valence-electron chi connectivity index (χ4n) is 0.903. The van der Waals surface area contributed by atoms with Gasteiger partial charge in [-0.2, -0.15) is 14.0 Å². The molecular formula is C8H12F2N2O. The minimum Gasteiger partial charge on any atom is -0.333 e. The summed E-state index contributed by atoms with van der Waals surface area (Å²) in [4.78, 5) is 10.6. The second-order valence-corrected chi connectivity index (χ2v) is 2.69. The van der Waals surface area contributed by atoms with Gasteiger partial charge < -0.3 is 5.32 Å². The van der Waals surface area contributed by atoms with Gasteiger partial charge in [-0.25, -0.2) is 0 Å². The highest BCUT2D eigenvalue weighted by Gasteiger charge is 2.30. The van der Waals surface area contributed by atoms with Crippen LogP contribution in [-0.2, 0) is 4.79 Å². The molecule has 0 fully saturated rings. The largest absolute Gasteiger partial charge is 0.333 e. The second kappa shape index (κ2) is 4.75. The third kappa shape index (κ3) is 2.98. The van der Waals surface area contributed by atoms with E-state index >= 15 is 0 Å². The molecule has 0 aromatic heterocycles. The quantitative estimate of drug-likeness (QED) is 0.729. The lowest BCUT2D eigenvalue weighted by Gasteiger charge is -2.24. The summed E-state index contributed by atoms with van der Waals surface area (Å²) < 4.78 is 23.7. The molecule has 0 unspecified atom stereocenters. The van der Waals surface area contributed by atoms with Crippen LogP contribution in [0.15, 0.2) is 0 Å². The fourth-order valence-corrected chi connectivity index (χ4v) is 0.903. The molecular weight excluding hydrogens is 178 g/mol. The molecule has 0 aromatic rings. The molecule has 0 aliphatic heterocycles. The van der Waals surface area contributed by atoms with Gasteiger partial charge in [0.05, 0.1) is 6.07 Å². The first-order valence-corrected chi connectivity index (χ1v) is 4.02. The molecule has 3 nitrogen and oxygen atoms in total. The first-order chi connectivity index (χ1) is 6.01. The average Bonchev–Trinajstić information content (AvgIpc) is 2.14. The molecule has 0 radical (unpaired) electrons. The summed E-state index contributed by atoms with van der Waals surface area (Å²) in [6.07, 6.45) is -2.43. The van der Waals surface area contributed by atoms with Crippen LogP contribution in [0.5, 0.6) is 0 Å². The van der Waals surface area contributed by atoms with Crippen molar-refractivity contribution in [3.63, 3.8) is 0 Å². The number of alkyl halides is 2. The SMILES string of the molecule is CCC(C#N)(CC)NC(=O)C(F)F. The maximum Gasteiger partial charge on any atom is 0.315 e. The number of carbonyl (C=O) groups excluding carboxylic acids is 1. The number of nitriles is 1. The van der Waals surface area contributed by atoms with Gasteiger partial charge >= 0.3 is 6.43 Å². The normalized spacial score (nSPS) is 11.1. The highest BCUT2D eigenvalue weighted by molar-refractivity contribution is 5.80. The highest BCUT2D eigenvalue weighted by Crippen LogP contribution is 2.14. The number of hydrogen-bond acceptors (Lipinski definition) is 2. The monoisotopic (exact) mass is 190 g/mol. The van der Waals surface area contributed by atoms with E-state index in [0.29, 0.717) is 12.8 Å². The first-order valence-electron chi connectivity index (χ1n) is 4.02. The zero-order valence-electron chi connectivity index (χ0n) is 7.60. The minimum absolute atomic E-state index is 0.318. The molecule has 0 aliphatic carbocycles. The van der Waals surface area contributed by atoms with Crippen LogP contribution in [0.3, 0.4) is 0 Å². The second-order valence-electron chi connectivity index (χ2n) is 2.69. The number of nitrogens with one attached hydrogen (secondary N) is 1. The van der Waals surface area contributed by atoms with Gasteiger partial charge in [-0.3, -0.25) is 4.79 Å². The molecule has 0 spiro atoms. The maximum absolute atomic E-state index is 11.8. The predicted octanol–water partition coefficient (Wildman–Crippen LogP) is 1.45. The van der Waals surface area contributed by atoms with E-state index in [1.807, 2.05) is 11.4 Å². The third-order valence-electron chi connectivity index (χ3n) is 1.98. The van der Waals surface area contributed by atoms with Crippen molar-refractivity contribution in [3.8, 4) is 6.07 Å². The van der Waals surface area contributed by atoms with Crippen molar-refractivity contribution in [1.29, 1.82) is 5.26 Å². The van der Waals surface area contributed by atoms with E-state index in [-0.39, 0.29) is 0 Å². The fraction of sp³-hybridized carbons (Fsp3) is 0.750. The Morgan fingerprint density at radius 2 is 2.00 bits per heavy atom. The number of rotatable bonds is 4. The molecule has 0 heterocycles. The number of hydrogen-bond donors (Lipinski definition) is 1. The summed E-state index contributed by atoms with van der Waals surface area (Å²) >= 11 is 0. The highest BCUT2D eigenvalue weighted by atomic mass is 19.3. The molecule has 0 aromatic carbocycles. The van der Waals surface area contributed by atoms with Gasteiger partial charge in [0.1, 0.15) is 5.54 Å². The molecule has 0 aliphatic rings. The Labute approximate surface area is 75.7 Å². The van der Waals surface area contributed by atoms with Gasteiger partial charge in [-0.05, 0) is 12.8 Å². The molecule has 0 rings (SSSR count). The van der Waals surface area contributed by atoms with Crippen molar-refractivity contribution < 1.29 is 13.6 Å². The van der Waals surface area contributed by atoms with Crippen LogP contribution in [0, 0.1) is 11.3 Å². The van der Waals surface area contributed by atoms with Gasteiger partial charge in [0.2, 0.25) is 0 Å². The van der Waals surface area contributed by atoms with Gasteiger partial charge in [-0.15, -0.1) is 0 Å². The molecule has 13 heavy (non-hydrogen) atoms. The Kier molecular flexibility index (Phi) is 4.32. The molecule has 0 bridgehead atoms. The zero-order chi connectivity index (χ0) is 10.5. The summed E-state index contributed by atoms with van der Waals surface area (Å²) in [7, 11) is 0. The van der Waals surface area contributed by atoms with Gasteiger partial charge in [0, 0.05) is 0 Å². The average molecular weight is 190 g/mol. The Balaban J connectivity index is 4.45. The smallest absolute Gasteiger partial charge is 0.315 e. The lowest BCUT2D eigenvalue weighted by molar-refractivity contribution is -0.133. The summed E-state index contributed by atoms with van der Waals surface area (Å²) in [5, 5.41) is 10.7. The molecule has 0 saturated heterocycles. The molecule has 1 amide bonds. The van der Waals surface area contributed by atoms with Gasteiger partial charge in [0.25, 0.3) is 5.91 Å². The van der Waals surface area contributed by atoms with Crippen LogP contribution in [0.2, 0.25) is 0 Å². The predicted molar refractivity (Wildman–Crippen MR) is 43.1 cm³/mol. The minimum atomic E-state index is -3.06. The lowest BCUT2D eigenvalue weighted by atomic mass is 9.95. The Hall–Kier alpha value is -1.18. The number of carbonyl (C=O) groups is 1. The van der Waals surface area contributed by atoms with Crippen LogP contribution < -0.4 is 5.32 Å². The Bertz CT molecular complexity index is 219. The van der Waals surface area contributed by atoms with E-state index < -0.39 is 17.9 Å². The van der Waals surface area contributed by atoms with E-state index in [1.165, 1.54) is 0 Å². The third-order valence-corrected chi connectivity index (χ3v) is 1.98. The van der Waals surface area contributed by atoms with E-state index in [4.69, 9.17) is 5.26 Å². The molecule has 1 N–H and O–H groups in total. The summed E-state index contributed by atoms with van der Waals surface area (Å²) in [5.41, 5.74) is -1.15. The van der Waals surface area contributed by atoms with Gasteiger partial charge in [0.15, 0.2) is 0 Å². The standard InChI is InChI=1S/C8H12F2N2O/c1-3-8(4-2,5-11)12-7(13)6(9)10/h6H,3-4H2,1-2H3,(H,12,13). The van der Waals surface area contributed by atoms with Crippen LogP contribution >= 0.6 is 0 Å². The maximum atomic E-state index is 11.8. The number of nitrogens with zero attached hydrogens (tertiary/aromatic N) is 1. The van der Waals surface area contributed by atoms with Crippen molar-refractivity contribution in [1.82, 2.24) is 5.32 Å². The van der Waals surface area contributed by atoms with E-state index in [9.17, 15) is 13.6 Å². The molecule has 74 valence electrons. The van der Waals surface area contributed by atoms with Crippen molar-refractivity contribution in [2.75, 3.05) is 0 Å². The van der Waals surface area contributed by atoms with Crippen molar-refractivity contribution in [3.05, 3.63) is 0 Å². The Morgan fingerprint density at radius 3 is 2.23 bits per heavy atom. The molecule has 0 saturated carbocycles. The van der Waals surface area contributed by atoms with Crippen molar-refractivity contribution in [2.24, 2.45) is 0 Å². The molecule has 5 heteroatoms.